The third-order valence-electron chi connectivity index (χ3n) is 3.17. The number of hydrogen-bond donors (Lipinski definition) is 1. The number of nitrogens with one attached hydrogen (secondary N) is 1. The molecule has 0 unspecified atom stereocenters. The van der Waals surface area contributed by atoms with Crippen LogP contribution in [0.3, 0.4) is 0 Å². The van der Waals surface area contributed by atoms with Crippen LogP contribution >= 0.6 is 34.5 Å². The van der Waals surface area contributed by atoms with Crippen molar-refractivity contribution >= 4 is 45.9 Å². The zero-order valence-electron chi connectivity index (χ0n) is 12.5. The van der Waals surface area contributed by atoms with Gasteiger partial charge in [-0.15, -0.1) is 11.3 Å². The van der Waals surface area contributed by atoms with Crippen molar-refractivity contribution in [2.45, 2.75) is 0 Å². The Morgan fingerprint density at radius 3 is 2.64 bits per heavy atom. The Hall–Kier alpha value is -2.46. The Morgan fingerprint density at radius 2 is 1.96 bits per heavy atom. The minimum atomic E-state index is -0.317. The molecule has 0 saturated heterocycles. The third-order valence-corrected chi connectivity index (χ3v) is 4.57. The number of rotatable bonds is 4. The number of nitrogens with zero attached hydrogens (tertiary/aromatic N) is 3. The second-order valence-corrected chi connectivity index (χ2v) is 6.55. The SMILES string of the molecule is N#C/C(=N/Nc1ccc(Cl)cc1Cl)c1nc(-c2ccc(F)cc2)cs1. The van der Waals surface area contributed by atoms with Crippen LogP contribution in [0.1, 0.15) is 5.01 Å². The van der Waals surface area contributed by atoms with E-state index in [4.69, 9.17) is 23.2 Å². The van der Waals surface area contributed by atoms with Gasteiger partial charge in [0.25, 0.3) is 0 Å². The highest BCUT2D eigenvalue weighted by molar-refractivity contribution is 7.12. The maximum absolute atomic E-state index is 13.0. The van der Waals surface area contributed by atoms with Crippen LogP contribution in [0.4, 0.5) is 10.1 Å². The van der Waals surface area contributed by atoms with Crippen molar-refractivity contribution < 1.29 is 4.39 Å². The van der Waals surface area contributed by atoms with E-state index in [1.54, 1.807) is 35.7 Å². The first-order valence-corrected chi connectivity index (χ1v) is 8.61. The molecule has 0 aliphatic heterocycles. The molecule has 4 nitrogen and oxygen atoms in total. The van der Waals surface area contributed by atoms with Crippen LogP contribution in [-0.2, 0) is 0 Å². The first-order chi connectivity index (χ1) is 12.1. The highest BCUT2D eigenvalue weighted by Crippen LogP contribution is 2.26. The molecule has 1 N–H and O–H groups in total. The molecule has 3 rings (SSSR count). The molecule has 0 aliphatic rings. The summed E-state index contributed by atoms with van der Waals surface area (Å²) in [7, 11) is 0. The van der Waals surface area contributed by atoms with E-state index in [0.717, 1.165) is 5.56 Å². The zero-order chi connectivity index (χ0) is 17.8. The molecule has 1 heterocycles. The number of thiazole rings is 1. The fourth-order valence-corrected chi connectivity index (χ4v) is 3.17. The molecule has 3 aromatic rings. The zero-order valence-corrected chi connectivity index (χ0v) is 14.8. The highest BCUT2D eigenvalue weighted by atomic mass is 35.5. The number of benzene rings is 2. The molecule has 0 fully saturated rings. The average Bonchev–Trinajstić information content (AvgIpc) is 3.07. The fourth-order valence-electron chi connectivity index (χ4n) is 1.95. The predicted molar refractivity (Wildman–Crippen MR) is 99.7 cm³/mol. The van der Waals surface area contributed by atoms with Crippen molar-refractivity contribution in [1.82, 2.24) is 4.98 Å². The van der Waals surface area contributed by atoms with Crippen molar-refractivity contribution in [2.75, 3.05) is 5.43 Å². The molecule has 8 heteroatoms. The van der Waals surface area contributed by atoms with Gasteiger partial charge in [0.2, 0.25) is 0 Å². The Labute approximate surface area is 157 Å². The standard InChI is InChI=1S/C17H9Cl2FN4S/c18-11-3-6-14(13(19)7-11)23-24-15(8-21)17-22-16(9-25-17)10-1-4-12(20)5-2-10/h1-7,9,23H/b24-15-. The van der Waals surface area contributed by atoms with E-state index in [9.17, 15) is 9.65 Å². The molecule has 0 saturated carbocycles. The summed E-state index contributed by atoms with van der Waals surface area (Å²) in [5.74, 6) is -0.317. The molecule has 1 aromatic heterocycles. The molecular formula is C17H9Cl2FN4S. The van der Waals surface area contributed by atoms with Gasteiger partial charge in [-0.05, 0) is 42.5 Å². The molecule has 2 aromatic carbocycles. The van der Waals surface area contributed by atoms with Gasteiger partial charge in [0, 0.05) is 16.0 Å². The molecular weight excluding hydrogens is 382 g/mol. The second kappa shape index (κ2) is 7.62. The maximum atomic E-state index is 13.0. The fraction of sp³-hybridized carbons (Fsp3) is 0. The predicted octanol–water partition coefficient (Wildman–Crippen LogP) is 5.60. The Bertz CT molecular complexity index is 977. The van der Waals surface area contributed by atoms with Crippen molar-refractivity contribution in [1.29, 1.82) is 5.26 Å². The average molecular weight is 391 g/mol. The van der Waals surface area contributed by atoms with Gasteiger partial charge in [-0.25, -0.2) is 9.37 Å². The Kier molecular flexibility index (Phi) is 5.29. The number of aromatic nitrogens is 1. The molecule has 0 spiro atoms. The van der Waals surface area contributed by atoms with Crippen molar-refractivity contribution in [3.05, 3.63) is 68.7 Å². The lowest BCUT2D eigenvalue weighted by Crippen LogP contribution is -2.01. The van der Waals surface area contributed by atoms with Gasteiger partial charge in [0.1, 0.15) is 11.9 Å². The first-order valence-electron chi connectivity index (χ1n) is 6.97. The minimum Gasteiger partial charge on any atom is -0.276 e. The lowest BCUT2D eigenvalue weighted by molar-refractivity contribution is 0.628. The van der Waals surface area contributed by atoms with Crippen LogP contribution in [0.2, 0.25) is 10.0 Å². The molecule has 124 valence electrons. The molecule has 25 heavy (non-hydrogen) atoms. The smallest absolute Gasteiger partial charge is 0.196 e. The van der Waals surface area contributed by atoms with Crippen LogP contribution in [-0.4, -0.2) is 10.7 Å². The summed E-state index contributed by atoms with van der Waals surface area (Å²) in [6, 6.07) is 12.9. The van der Waals surface area contributed by atoms with E-state index in [0.29, 0.717) is 26.4 Å². The van der Waals surface area contributed by atoms with E-state index >= 15 is 0 Å². The Morgan fingerprint density at radius 1 is 1.20 bits per heavy atom. The summed E-state index contributed by atoms with van der Waals surface area (Å²) in [6.45, 7) is 0. The van der Waals surface area contributed by atoms with Gasteiger partial charge in [-0.2, -0.15) is 10.4 Å². The Balaban J connectivity index is 1.84. The molecule has 0 aliphatic carbocycles. The summed E-state index contributed by atoms with van der Waals surface area (Å²) in [4.78, 5) is 4.38. The summed E-state index contributed by atoms with van der Waals surface area (Å²) in [5, 5.41) is 16.5. The number of nitriles is 1. The number of anilines is 1. The quantitative estimate of drug-likeness (QED) is 0.466. The van der Waals surface area contributed by atoms with Gasteiger partial charge in [0.05, 0.1) is 16.4 Å². The van der Waals surface area contributed by atoms with Gasteiger partial charge in [0.15, 0.2) is 10.7 Å². The summed E-state index contributed by atoms with van der Waals surface area (Å²) in [6.07, 6.45) is 0. The number of hydrazone groups is 1. The van der Waals surface area contributed by atoms with Gasteiger partial charge in [-0.3, -0.25) is 5.43 Å². The van der Waals surface area contributed by atoms with Crippen molar-refractivity contribution in [3.8, 4) is 17.3 Å². The van der Waals surface area contributed by atoms with Crippen LogP contribution < -0.4 is 5.43 Å². The second-order valence-electron chi connectivity index (χ2n) is 4.85. The topological polar surface area (TPSA) is 61.1 Å². The first kappa shape index (κ1) is 17.4. The number of halogens is 3. The molecule has 0 radical (unpaired) electrons. The normalized spacial score (nSPS) is 11.2. The van der Waals surface area contributed by atoms with Gasteiger partial charge < -0.3 is 0 Å². The van der Waals surface area contributed by atoms with E-state index in [2.05, 4.69) is 15.5 Å². The monoisotopic (exact) mass is 390 g/mol. The van der Waals surface area contributed by atoms with Crippen molar-refractivity contribution in [3.63, 3.8) is 0 Å². The van der Waals surface area contributed by atoms with Crippen LogP contribution in [0, 0.1) is 17.1 Å². The molecule has 0 atom stereocenters. The lowest BCUT2D eigenvalue weighted by atomic mass is 10.2. The van der Waals surface area contributed by atoms with Crippen molar-refractivity contribution in [2.24, 2.45) is 5.10 Å². The maximum Gasteiger partial charge on any atom is 0.196 e. The summed E-state index contributed by atoms with van der Waals surface area (Å²) in [5.41, 5.74) is 4.78. The third kappa shape index (κ3) is 4.15. The largest absolute Gasteiger partial charge is 0.276 e. The lowest BCUT2D eigenvalue weighted by Gasteiger charge is -2.03. The summed E-state index contributed by atoms with van der Waals surface area (Å²) >= 11 is 13.2. The van der Waals surface area contributed by atoms with E-state index in [-0.39, 0.29) is 11.5 Å². The summed E-state index contributed by atoms with van der Waals surface area (Å²) < 4.78 is 13.0. The highest BCUT2D eigenvalue weighted by Gasteiger charge is 2.11. The van der Waals surface area contributed by atoms with E-state index < -0.39 is 0 Å². The number of hydrogen-bond acceptors (Lipinski definition) is 5. The van der Waals surface area contributed by atoms with Gasteiger partial charge >= 0.3 is 0 Å². The van der Waals surface area contributed by atoms with Crippen LogP contribution in [0.5, 0.6) is 0 Å². The van der Waals surface area contributed by atoms with Crippen LogP contribution in [0.15, 0.2) is 52.9 Å². The van der Waals surface area contributed by atoms with E-state index in [1.807, 2.05) is 6.07 Å². The van der Waals surface area contributed by atoms with Crippen LogP contribution in [0.25, 0.3) is 11.3 Å². The minimum absolute atomic E-state index is 0.115. The molecule has 0 amide bonds. The molecule has 0 bridgehead atoms. The van der Waals surface area contributed by atoms with E-state index in [1.165, 1.54) is 23.5 Å². The van der Waals surface area contributed by atoms with Gasteiger partial charge in [-0.1, -0.05) is 23.2 Å².